The predicted octanol–water partition coefficient (Wildman–Crippen LogP) is 5.07. The topological polar surface area (TPSA) is 71.7 Å². The van der Waals surface area contributed by atoms with Gasteiger partial charge in [-0.2, -0.15) is 4.99 Å². The van der Waals surface area contributed by atoms with Crippen LogP contribution in [-0.2, 0) is 16.6 Å². The van der Waals surface area contributed by atoms with E-state index in [9.17, 15) is 13.2 Å². The Balaban J connectivity index is 1.69. The number of aromatic nitrogens is 1. The van der Waals surface area contributed by atoms with Crippen LogP contribution in [0, 0.1) is 13.8 Å². The summed E-state index contributed by atoms with van der Waals surface area (Å²) in [5.41, 5.74) is 4.16. The molecule has 3 aromatic carbocycles. The van der Waals surface area contributed by atoms with E-state index in [2.05, 4.69) is 23.7 Å². The number of hydrogen-bond acceptors (Lipinski definition) is 4. The van der Waals surface area contributed by atoms with Crippen molar-refractivity contribution in [3.63, 3.8) is 0 Å². The molecule has 0 aliphatic rings. The van der Waals surface area contributed by atoms with Gasteiger partial charge >= 0.3 is 0 Å². The minimum absolute atomic E-state index is 0.102. The molecule has 34 heavy (non-hydrogen) atoms. The third-order valence-corrected chi connectivity index (χ3v) is 8.33. The van der Waals surface area contributed by atoms with Crippen molar-refractivity contribution >= 4 is 43.2 Å². The number of sulfonamides is 1. The number of hydrogen-bond donors (Lipinski definition) is 0. The van der Waals surface area contributed by atoms with Crippen LogP contribution in [0.2, 0.25) is 0 Å². The zero-order valence-corrected chi connectivity index (χ0v) is 20.9. The van der Waals surface area contributed by atoms with Gasteiger partial charge in [0, 0.05) is 19.2 Å². The molecule has 0 unspecified atom stereocenters. The van der Waals surface area contributed by atoms with Crippen molar-refractivity contribution in [3.05, 3.63) is 101 Å². The molecule has 0 aliphatic heterocycles. The molecule has 0 saturated heterocycles. The number of benzene rings is 3. The first kappa shape index (κ1) is 23.7. The van der Waals surface area contributed by atoms with Gasteiger partial charge in [0.2, 0.25) is 0 Å². The summed E-state index contributed by atoms with van der Waals surface area (Å²) in [7, 11) is -2.25. The maximum absolute atomic E-state index is 13.0. The van der Waals surface area contributed by atoms with Crippen molar-refractivity contribution in [2.24, 2.45) is 4.99 Å². The monoisotopic (exact) mass is 491 g/mol. The van der Waals surface area contributed by atoms with Gasteiger partial charge in [0.15, 0.2) is 4.80 Å². The van der Waals surface area contributed by atoms with E-state index in [1.54, 1.807) is 30.3 Å². The number of fused-ring (bicyclic) bond motifs is 1. The molecule has 0 radical (unpaired) electrons. The fraction of sp³-hybridized carbons (Fsp3) is 0.154. The number of thiazole rings is 1. The molecule has 4 aromatic rings. The molecule has 8 heteroatoms. The molecule has 4 rings (SSSR count). The molecule has 1 heterocycles. The zero-order chi connectivity index (χ0) is 24.5. The molecule has 0 spiro atoms. The molecule has 174 valence electrons. The third-order valence-electron chi connectivity index (χ3n) is 5.50. The van der Waals surface area contributed by atoms with E-state index < -0.39 is 15.9 Å². The van der Waals surface area contributed by atoms with Crippen LogP contribution in [0.1, 0.15) is 21.5 Å². The smallest absolute Gasteiger partial charge is 0.279 e. The third kappa shape index (κ3) is 4.47. The number of rotatable bonds is 6. The van der Waals surface area contributed by atoms with Crippen molar-refractivity contribution in [1.29, 1.82) is 0 Å². The number of allylic oxidation sites excluding steroid dienone is 1. The molecule has 1 amide bonds. The van der Waals surface area contributed by atoms with Crippen LogP contribution in [0.3, 0.4) is 0 Å². The summed E-state index contributed by atoms with van der Waals surface area (Å²) < 4.78 is 30.2. The van der Waals surface area contributed by atoms with Gasteiger partial charge in [-0.25, -0.2) is 8.42 Å². The number of carbonyl (C=O) groups is 1. The number of aryl methyl sites for hydroxylation is 2. The van der Waals surface area contributed by atoms with Crippen molar-refractivity contribution in [2.45, 2.75) is 25.3 Å². The van der Waals surface area contributed by atoms with E-state index in [4.69, 9.17) is 0 Å². The van der Waals surface area contributed by atoms with E-state index >= 15 is 0 Å². The van der Waals surface area contributed by atoms with Gasteiger partial charge in [-0.1, -0.05) is 41.7 Å². The Bertz CT molecular complexity index is 1550. The lowest BCUT2D eigenvalue weighted by Crippen LogP contribution is -2.26. The normalized spacial score (nSPS) is 12.1. The molecule has 0 N–H and O–H groups in total. The minimum Gasteiger partial charge on any atom is -0.312 e. The van der Waals surface area contributed by atoms with E-state index in [0.29, 0.717) is 22.6 Å². The summed E-state index contributed by atoms with van der Waals surface area (Å²) in [6, 6.07) is 18.9. The maximum atomic E-state index is 13.0. The van der Waals surface area contributed by atoms with Crippen molar-refractivity contribution in [1.82, 2.24) is 4.57 Å². The zero-order valence-electron chi connectivity index (χ0n) is 19.2. The summed E-state index contributed by atoms with van der Waals surface area (Å²) in [6.45, 7) is 8.44. The van der Waals surface area contributed by atoms with Gasteiger partial charge in [-0.3, -0.25) is 9.10 Å². The number of anilines is 1. The van der Waals surface area contributed by atoms with Crippen LogP contribution in [0.15, 0.2) is 89.3 Å². The highest BCUT2D eigenvalue weighted by Gasteiger charge is 2.21. The first-order valence-corrected chi connectivity index (χ1v) is 12.9. The van der Waals surface area contributed by atoms with Gasteiger partial charge in [-0.15, -0.1) is 6.58 Å². The largest absolute Gasteiger partial charge is 0.312 e. The highest BCUT2D eigenvalue weighted by molar-refractivity contribution is 7.92. The van der Waals surface area contributed by atoms with E-state index in [1.165, 1.54) is 47.0 Å². The average molecular weight is 492 g/mol. The minimum atomic E-state index is -3.76. The highest BCUT2D eigenvalue weighted by atomic mass is 32.2. The quantitative estimate of drug-likeness (QED) is 0.354. The number of nitrogens with zero attached hydrogens (tertiary/aromatic N) is 3. The second-order valence-electron chi connectivity index (χ2n) is 7.96. The summed E-state index contributed by atoms with van der Waals surface area (Å²) in [4.78, 5) is 18.0. The first-order chi connectivity index (χ1) is 16.2. The first-order valence-electron chi connectivity index (χ1n) is 10.7. The SMILES string of the molecule is C=CCn1c(=NC(=O)c2ccc(S(=O)(=O)N(C)c3ccccc3)cc2)sc2cc(C)cc(C)c21. The molecule has 1 aromatic heterocycles. The van der Waals surface area contributed by atoms with E-state index in [0.717, 1.165) is 21.3 Å². The molecule has 0 bridgehead atoms. The highest BCUT2D eigenvalue weighted by Crippen LogP contribution is 2.24. The second kappa shape index (κ2) is 9.40. The Kier molecular flexibility index (Phi) is 6.54. The van der Waals surface area contributed by atoms with Crippen LogP contribution in [-0.4, -0.2) is 25.9 Å². The van der Waals surface area contributed by atoms with Gasteiger partial charge in [-0.05, 0) is 67.4 Å². The lowest BCUT2D eigenvalue weighted by atomic mass is 10.1. The lowest BCUT2D eigenvalue weighted by Gasteiger charge is -2.19. The average Bonchev–Trinajstić information content (AvgIpc) is 3.16. The fourth-order valence-electron chi connectivity index (χ4n) is 3.83. The lowest BCUT2D eigenvalue weighted by molar-refractivity contribution is 0.0998. The molecule has 6 nitrogen and oxygen atoms in total. The molecule has 0 saturated carbocycles. The Morgan fingerprint density at radius 1 is 1.09 bits per heavy atom. The number of carbonyl (C=O) groups excluding carboxylic acids is 1. The van der Waals surface area contributed by atoms with Crippen molar-refractivity contribution in [3.8, 4) is 0 Å². The molecule has 0 atom stereocenters. The van der Waals surface area contributed by atoms with Gasteiger partial charge in [0.05, 0.1) is 20.8 Å². The number of para-hydroxylation sites is 1. The molecule has 0 fully saturated rings. The van der Waals surface area contributed by atoms with Crippen molar-refractivity contribution < 1.29 is 13.2 Å². The molecule has 0 aliphatic carbocycles. The van der Waals surface area contributed by atoms with E-state index in [-0.39, 0.29) is 4.90 Å². The molecular formula is C26H25N3O3S2. The van der Waals surface area contributed by atoms with Crippen LogP contribution >= 0.6 is 11.3 Å². The predicted molar refractivity (Wildman–Crippen MR) is 138 cm³/mol. The summed E-state index contributed by atoms with van der Waals surface area (Å²) in [5, 5.41) is 0. The van der Waals surface area contributed by atoms with Gasteiger partial charge in [0.1, 0.15) is 0 Å². The van der Waals surface area contributed by atoms with Crippen LogP contribution < -0.4 is 9.11 Å². The number of amides is 1. The fourth-order valence-corrected chi connectivity index (χ4v) is 6.24. The van der Waals surface area contributed by atoms with Gasteiger partial charge in [0.25, 0.3) is 15.9 Å². The van der Waals surface area contributed by atoms with Crippen molar-refractivity contribution in [2.75, 3.05) is 11.4 Å². The Morgan fingerprint density at radius 3 is 2.41 bits per heavy atom. The Labute approximate surface area is 203 Å². The van der Waals surface area contributed by atoms with Crippen LogP contribution in [0.5, 0.6) is 0 Å². The summed E-state index contributed by atoms with van der Waals surface area (Å²) >= 11 is 1.45. The standard InChI is InChI=1S/C26H25N3O3S2/c1-5-15-29-24-19(3)16-18(2)17-23(24)33-26(29)27-25(30)20-11-13-22(14-12-20)34(31,32)28(4)21-9-7-6-8-10-21/h5-14,16-17H,1,15H2,2-4H3. The molecular weight excluding hydrogens is 466 g/mol. The summed E-state index contributed by atoms with van der Waals surface area (Å²) in [5.74, 6) is -0.431. The second-order valence-corrected chi connectivity index (χ2v) is 10.9. The van der Waals surface area contributed by atoms with Crippen LogP contribution in [0.25, 0.3) is 10.2 Å². The Hall–Kier alpha value is -3.49. The van der Waals surface area contributed by atoms with E-state index in [1.807, 2.05) is 24.5 Å². The summed E-state index contributed by atoms with van der Waals surface area (Å²) in [6.07, 6.45) is 1.78. The van der Waals surface area contributed by atoms with Crippen LogP contribution in [0.4, 0.5) is 5.69 Å². The van der Waals surface area contributed by atoms with Gasteiger partial charge < -0.3 is 4.57 Å². The Morgan fingerprint density at radius 2 is 1.76 bits per heavy atom. The maximum Gasteiger partial charge on any atom is 0.279 e.